The Balaban J connectivity index is 0. The minimum atomic E-state index is -2.17. The van der Waals surface area contributed by atoms with Gasteiger partial charge in [-0.1, -0.05) is 0 Å². The van der Waals surface area contributed by atoms with Crippen LogP contribution in [-0.4, -0.2) is 22.4 Å². The molecule has 7 heavy (non-hydrogen) atoms. The van der Waals surface area contributed by atoms with Crippen LogP contribution in [0.5, 0.6) is 0 Å². The molecule has 0 aliphatic heterocycles. The van der Waals surface area contributed by atoms with Crippen molar-refractivity contribution in [2.45, 2.75) is 0 Å². The first-order valence-electron chi connectivity index (χ1n) is 1.18. The highest BCUT2D eigenvalue weighted by Gasteiger charge is 1.92. The fraction of sp³-hybridized carbons (Fsp3) is 0. The van der Waals surface area contributed by atoms with Crippen LogP contribution < -0.4 is 0 Å². The number of nitrogens with zero attached hydrogens (tertiary/aromatic N) is 1. The standard InChI is InChI=1S/CNO.BH3O3/c1-2-3;2-1(3)4/h;2-4H/q-1;. The van der Waals surface area contributed by atoms with Gasteiger partial charge in [0.05, 0.1) is 0 Å². The van der Waals surface area contributed by atoms with Crippen molar-refractivity contribution in [3.63, 3.8) is 0 Å². The summed E-state index contributed by atoms with van der Waals surface area (Å²) < 4.78 is 0. The van der Waals surface area contributed by atoms with Gasteiger partial charge in [0.1, 0.15) is 0 Å². The Morgan fingerprint density at radius 2 is 1.43 bits per heavy atom. The molecule has 0 saturated heterocycles. The Bertz CT molecular complexity index is 54.4. The van der Waals surface area contributed by atoms with Gasteiger partial charge in [0.15, 0.2) is 0 Å². The molecular weight excluding hydrogens is 101 g/mol. The first kappa shape index (κ1) is 9.53. The Hall–Kier alpha value is -0.765. The van der Waals surface area contributed by atoms with Gasteiger partial charge in [-0.05, 0) is 0 Å². The Kier molecular flexibility index (Phi) is 12.2. The van der Waals surface area contributed by atoms with E-state index in [1.165, 1.54) is 5.01 Å². The van der Waals surface area contributed by atoms with E-state index < -0.39 is 7.32 Å². The van der Waals surface area contributed by atoms with Crippen molar-refractivity contribution >= 4 is 7.32 Å². The Morgan fingerprint density at radius 1 is 1.43 bits per heavy atom. The van der Waals surface area contributed by atoms with Crippen molar-refractivity contribution < 1.29 is 15.1 Å². The van der Waals surface area contributed by atoms with E-state index >= 15 is 0 Å². The predicted octanol–water partition coefficient (Wildman–Crippen LogP) is -1.65. The van der Waals surface area contributed by atoms with Crippen LogP contribution >= 0.6 is 0 Å². The molecule has 0 heterocycles. The van der Waals surface area contributed by atoms with E-state index in [-0.39, 0.29) is 0 Å². The van der Waals surface area contributed by atoms with Crippen molar-refractivity contribution in [1.29, 1.82) is 0 Å². The lowest BCUT2D eigenvalue weighted by Crippen LogP contribution is -2.07. The molecule has 40 valence electrons. The summed E-state index contributed by atoms with van der Waals surface area (Å²) in [6.45, 7) is 5.28. The highest BCUT2D eigenvalue weighted by molar-refractivity contribution is 6.30. The van der Waals surface area contributed by atoms with Crippen molar-refractivity contribution in [2.24, 2.45) is 0 Å². The molecule has 0 atom stereocenters. The monoisotopic (exact) mass is 104 g/mol. The van der Waals surface area contributed by atoms with Gasteiger partial charge in [-0.15, -0.1) is 0 Å². The molecule has 0 aliphatic carbocycles. The molecule has 0 rings (SSSR count). The summed E-state index contributed by atoms with van der Waals surface area (Å²) in [5.41, 5.74) is 0. The fourth-order valence-electron chi connectivity index (χ4n) is 0. The normalized spacial score (nSPS) is 4.86. The van der Waals surface area contributed by atoms with Crippen LogP contribution in [0.15, 0.2) is 0 Å². The van der Waals surface area contributed by atoms with E-state index in [0.717, 1.165) is 0 Å². The van der Waals surface area contributed by atoms with Gasteiger partial charge in [0.25, 0.3) is 0 Å². The predicted molar refractivity (Wildman–Crippen MR) is 22.4 cm³/mol. The van der Waals surface area contributed by atoms with Gasteiger partial charge in [-0.2, -0.15) is 0 Å². The average Bonchev–Trinajstić information content (AvgIpc) is 1.33. The lowest BCUT2D eigenvalue weighted by atomic mass is 10.3. The van der Waals surface area contributed by atoms with Gasteiger partial charge >= 0.3 is 7.32 Å². The molecule has 3 N–H and O–H groups in total. The average molecular weight is 104 g/mol. The van der Waals surface area contributed by atoms with Crippen molar-refractivity contribution in [3.05, 3.63) is 16.8 Å². The minimum absolute atomic E-state index is 1.50. The van der Waals surface area contributed by atoms with Crippen LogP contribution in [0, 0.1) is 11.8 Å². The van der Waals surface area contributed by atoms with Crippen LogP contribution in [0.1, 0.15) is 0 Å². The molecule has 0 saturated carbocycles. The molecule has 5 nitrogen and oxygen atoms in total. The van der Waals surface area contributed by atoms with Gasteiger partial charge in [-0.25, -0.2) is 6.57 Å². The van der Waals surface area contributed by atoms with E-state index in [4.69, 9.17) is 26.9 Å². The molecule has 6 heteroatoms. The zero-order valence-electron chi connectivity index (χ0n) is 3.27. The maximum Gasteiger partial charge on any atom is 0.631 e. The second kappa shape index (κ2) is 8.97. The molecule has 0 aromatic heterocycles. The SMILES string of the molecule is OB(O)O.[C-]#[N+][O-]. The lowest BCUT2D eigenvalue weighted by molar-refractivity contribution is 0.278. The first-order valence-corrected chi connectivity index (χ1v) is 1.18. The third-order valence-electron chi connectivity index (χ3n) is 0. The lowest BCUT2D eigenvalue weighted by Gasteiger charge is -1.69. The topological polar surface area (TPSA) is 88.1 Å². The first-order chi connectivity index (χ1) is 3.15. The number of rotatable bonds is 0. The smallest absolute Gasteiger partial charge is 0.539 e. The molecule has 0 aromatic rings. The number of hydrogen-bond donors (Lipinski definition) is 3. The molecule has 0 unspecified atom stereocenters. The van der Waals surface area contributed by atoms with E-state index in [1.54, 1.807) is 0 Å². The molecular formula is CH3BNO4-. The van der Waals surface area contributed by atoms with E-state index in [2.05, 4.69) is 0 Å². The van der Waals surface area contributed by atoms with Crippen LogP contribution in [-0.2, 0) is 0 Å². The maximum absolute atomic E-state index is 8.22. The van der Waals surface area contributed by atoms with E-state index in [1.807, 2.05) is 0 Å². The van der Waals surface area contributed by atoms with Gasteiger partial charge < -0.3 is 20.3 Å². The summed E-state index contributed by atoms with van der Waals surface area (Å²) in [7, 11) is -2.17. The highest BCUT2D eigenvalue weighted by Crippen LogP contribution is 1.40. The van der Waals surface area contributed by atoms with Crippen LogP contribution in [0.4, 0.5) is 0 Å². The Morgan fingerprint density at radius 3 is 1.43 bits per heavy atom. The Labute approximate surface area is 40.4 Å². The van der Waals surface area contributed by atoms with Crippen molar-refractivity contribution in [3.8, 4) is 0 Å². The van der Waals surface area contributed by atoms with Gasteiger partial charge in [0, 0.05) is 0 Å². The summed E-state index contributed by atoms with van der Waals surface area (Å²) in [6.07, 6.45) is 0. The molecule has 0 spiro atoms. The second-order valence-electron chi connectivity index (χ2n) is 0.438. The summed E-state index contributed by atoms with van der Waals surface area (Å²) in [5.74, 6) is 0. The summed E-state index contributed by atoms with van der Waals surface area (Å²) in [4.78, 5) is 0. The minimum Gasteiger partial charge on any atom is -0.539 e. The fourth-order valence-corrected chi connectivity index (χ4v) is 0. The summed E-state index contributed by atoms with van der Waals surface area (Å²) in [6, 6.07) is 0. The van der Waals surface area contributed by atoms with Gasteiger partial charge in [0.2, 0.25) is 0 Å². The summed E-state index contributed by atoms with van der Waals surface area (Å²) in [5, 5.41) is 31.2. The second-order valence-corrected chi connectivity index (χ2v) is 0.438. The molecule has 0 bridgehead atoms. The molecule has 0 fully saturated rings. The van der Waals surface area contributed by atoms with Crippen LogP contribution in [0.25, 0.3) is 5.01 Å². The van der Waals surface area contributed by atoms with Crippen molar-refractivity contribution in [1.82, 2.24) is 0 Å². The van der Waals surface area contributed by atoms with Crippen molar-refractivity contribution in [2.75, 3.05) is 0 Å². The largest absolute Gasteiger partial charge is 0.631 e. The zero-order chi connectivity index (χ0) is 6.28. The third-order valence-corrected chi connectivity index (χ3v) is 0. The molecule has 0 aromatic carbocycles. The van der Waals surface area contributed by atoms with E-state index in [9.17, 15) is 0 Å². The van der Waals surface area contributed by atoms with Crippen LogP contribution in [0.3, 0.4) is 0 Å². The molecule has 0 aliphatic rings. The zero-order valence-corrected chi connectivity index (χ0v) is 3.27. The maximum atomic E-state index is 8.22. The van der Waals surface area contributed by atoms with Gasteiger partial charge in [-0.3, -0.25) is 5.01 Å². The number of hydrogen-bond acceptors (Lipinski definition) is 4. The third kappa shape index (κ3) is 93.6. The van der Waals surface area contributed by atoms with E-state index in [0.29, 0.717) is 0 Å². The molecule has 0 amide bonds. The van der Waals surface area contributed by atoms with Crippen LogP contribution in [0.2, 0.25) is 0 Å². The quantitative estimate of drug-likeness (QED) is 0.195. The highest BCUT2D eigenvalue weighted by atomic mass is 16.5. The summed E-state index contributed by atoms with van der Waals surface area (Å²) >= 11 is 0. The molecule has 0 radical (unpaired) electrons.